The largest absolute Gasteiger partial charge is 0.381 e. The van der Waals surface area contributed by atoms with Gasteiger partial charge in [0, 0.05) is 17.3 Å². The van der Waals surface area contributed by atoms with Crippen LogP contribution < -0.4 is 10.6 Å². The molecule has 0 aromatic heterocycles. The van der Waals surface area contributed by atoms with E-state index in [0.717, 1.165) is 30.8 Å². The summed E-state index contributed by atoms with van der Waals surface area (Å²) in [6, 6.07) is 5.74. The van der Waals surface area contributed by atoms with Crippen molar-refractivity contribution in [1.29, 1.82) is 0 Å². The van der Waals surface area contributed by atoms with Gasteiger partial charge in [-0.2, -0.15) is 0 Å². The second-order valence-corrected chi connectivity index (χ2v) is 4.83. The minimum absolute atomic E-state index is 0.0590. The van der Waals surface area contributed by atoms with E-state index in [0.29, 0.717) is 12.0 Å². The van der Waals surface area contributed by atoms with Crippen LogP contribution in [-0.4, -0.2) is 19.1 Å². The molecule has 1 saturated heterocycles. The molecule has 2 aliphatic heterocycles. The number of rotatable bonds is 1. The topological polar surface area (TPSA) is 24.1 Å². The van der Waals surface area contributed by atoms with Crippen molar-refractivity contribution in [3.8, 4) is 0 Å². The summed E-state index contributed by atoms with van der Waals surface area (Å²) in [5, 5.41) is 6.88. The lowest BCUT2D eigenvalue weighted by Gasteiger charge is -2.28. The van der Waals surface area contributed by atoms with E-state index < -0.39 is 0 Å². The number of benzene rings is 1. The lowest BCUT2D eigenvalue weighted by atomic mass is 9.90. The quantitative estimate of drug-likeness (QED) is 0.758. The van der Waals surface area contributed by atoms with E-state index in [1.807, 2.05) is 6.07 Å². The molecule has 0 aliphatic carbocycles. The SMILES string of the molecule is Fc1cccc2c1CC(C1CCCNC1)N2. The summed E-state index contributed by atoms with van der Waals surface area (Å²) < 4.78 is 13.6. The maximum Gasteiger partial charge on any atom is 0.128 e. The van der Waals surface area contributed by atoms with Gasteiger partial charge in [-0.3, -0.25) is 0 Å². The Labute approximate surface area is 95.2 Å². The van der Waals surface area contributed by atoms with E-state index in [2.05, 4.69) is 10.6 Å². The van der Waals surface area contributed by atoms with Crippen LogP contribution in [-0.2, 0) is 6.42 Å². The predicted octanol–water partition coefficient (Wildman–Crippen LogP) is 2.16. The normalized spacial score (nSPS) is 28.6. The highest BCUT2D eigenvalue weighted by atomic mass is 19.1. The molecule has 0 bridgehead atoms. The Morgan fingerprint density at radius 2 is 2.25 bits per heavy atom. The van der Waals surface area contributed by atoms with Gasteiger partial charge in [-0.1, -0.05) is 6.07 Å². The van der Waals surface area contributed by atoms with E-state index in [1.165, 1.54) is 12.8 Å². The second kappa shape index (κ2) is 4.06. The molecule has 2 nitrogen and oxygen atoms in total. The lowest BCUT2D eigenvalue weighted by Crippen LogP contribution is -2.39. The smallest absolute Gasteiger partial charge is 0.128 e. The Hall–Kier alpha value is -1.09. The summed E-state index contributed by atoms with van der Waals surface area (Å²) in [6.07, 6.45) is 3.33. The molecule has 0 radical (unpaired) electrons. The number of nitrogens with one attached hydrogen (secondary N) is 2. The number of hydrogen-bond acceptors (Lipinski definition) is 2. The number of halogens is 1. The average Bonchev–Trinajstić information content (AvgIpc) is 2.76. The highest BCUT2D eigenvalue weighted by Gasteiger charge is 2.30. The Kier molecular flexibility index (Phi) is 2.56. The molecule has 0 spiro atoms. The molecule has 0 amide bonds. The van der Waals surface area contributed by atoms with Crippen molar-refractivity contribution < 1.29 is 4.39 Å². The molecule has 16 heavy (non-hydrogen) atoms. The van der Waals surface area contributed by atoms with E-state index in [-0.39, 0.29) is 5.82 Å². The molecule has 1 aromatic carbocycles. The average molecular weight is 220 g/mol. The van der Waals surface area contributed by atoms with Gasteiger partial charge in [0.15, 0.2) is 0 Å². The summed E-state index contributed by atoms with van der Waals surface area (Å²) in [4.78, 5) is 0. The zero-order chi connectivity index (χ0) is 11.0. The first-order valence-corrected chi connectivity index (χ1v) is 6.09. The fourth-order valence-electron chi connectivity index (χ4n) is 2.88. The van der Waals surface area contributed by atoms with Crippen LogP contribution >= 0.6 is 0 Å². The van der Waals surface area contributed by atoms with Crippen molar-refractivity contribution in [3.05, 3.63) is 29.6 Å². The first-order chi connectivity index (χ1) is 7.84. The highest BCUT2D eigenvalue weighted by molar-refractivity contribution is 5.57. The standard InChI is InChI=1S/C13H17FN2/c14-11-4-1-5-12-10(11)7-13(16-12)9-3-2-6-15-8-9/h1,4-5,9,13,15-16H,2-3,6-8H2. The van der Waals surface area contributed by atoms with E-state index in [4.69, 9.17) is 0 Å². The van der Waals surface area contributed by atoms with Gasteiger partial charge in [-0.05, 0) is 50.4 Å². The molecular weight excluding hydrogens is 203 g/mol. The van der Waals surface area contributed by atoms with Gasteiger partial charge < -0.3 is 10.6 Å². The van der Waals surface area contributed by atoms with Crippen LogP contribution in [0.5, 0.6) is 0 Å². The van der Waals surface area contributed by atoms with Crippen molar-refractivity contribution in [2.75, 3.05) is 18.4 Å². The van der Waals surface area contributed by atoms with Gasteiger partial charge in [0.25, 0.3) is 0 Å². The van der Waals surface area contributed by atoms with Crippen molar-refractivity contribution in [3.63, 3.8) is 0 Å². The van der Waals surface area contributed by atoms with Gasteiger partial charge in [0.2, 0.25) is 0 Å². The third-order valence-corrected chi connectivity index (χ3v) is 3.79. The first kappa shape index (κ1) is 10.1. The zero-order valence-corrected chi connectivity index (χ0v) is 9.30. The number of anilines is 1. The Morgan fingerprint density at radius 3 is 3.00 bits per heavy atom. The Balaban J connectivity index is 1.77. The molecule has 2 unspecified atom stereocenters. The molecule has 1 aromatic rings. The molecule has 3 heteroatoms. The summed E-state index contributed by atoms with van der Waals surface area (Å²) in [7, 11) is 0. The molecule has 2 heterocycles. The third-order valence-electron chi connectivity index (χ3n) is 3.79. The Bertz CT molecular complexity index is 386. The lowest BCUT2D eigenvalue weighted by molar-refractivity contribution is 0.338. The molecule has 1 fully saturated rings. The third kappa shape index (κ3) is 1.69. The van der Waals surface area contributed by atoms with Crippen LogP contribution in [0.4, 0.5) is 10.1 Å². The molecule has 3 rings (SSSR count). The monoisotopic (exact) mass is 220 g/mol. The molecule has 2 N–H and O–H groups in total. The fourth-order valence-corrected chi connectivity index (χ4v) is 2.88. The van der Waals surface area contributed by atoms with Crippen LogP contribution in [0.15, 0.2) is 18.2 Å². The minimum Gasteiger partial charge on any atom is -0.381 e. The van der Waals surface area contributed by atoms with Gasteiger partial charge in [-0.25, -0.2) is 4.39 Å². The highest BCUT2D eigenvalue weighted by Crippen LogP contribution is 2.32. The van der Waals surface area contributed by atoms with Crippen LogP contribution in [0.25, 0.3) is 0 Å². The van der Waals surface area contributed by atoms with Crippen LogP contribution in [0, 0.1) is 11.7 Å². The summed E-state index contributed by atoms with van der Waals surface area (Å²) >= 11 is 0. The van der Waals surface area contributed by atoms with E-state index >= 15 is 0 Å². The summed E-state index contributed by atoms with van der Waals surface area (Å²) in [6.45, 7) is 2.19. The predicted molar refractivity (Wildman–Crippen MR) is 63.1 cm³/mol. The maximum atomic E-state index is 13.6. The van der Waals surface area contributed by atoms with E-state index in [1.54, 1.807) is 12.1 Å². The van der Waals surface area contributed by atoms with Gasteiger partial charge in [0.1, 0.15) is 5.82 Å². The van der Waals surface area contributed by atoms with Crippen LogP contribution in [0.2, 0.25) is 0 Å². The molecule has 86 valence electrons. The van der Waals surface area contributed by atoms with E-state index in [9.17, 15) is 4.39 Å². The van der Waals surface area contributed by atoms with Gasteiger partial charge in [-0.15, -0.1) is 0 Å². The van der Waals surface area contributed by atoms with Crippen LogP contribution in [0.3, 0.4) is 0 Å². The van der Waals surface area contributed by atoms with Crippen molar-refractivity contribution >= 4 is 5.69 Å². The first-order valence-electron chi connectivity index (χ1n) is 6.09. The van der Waals surface area contributed by atoms with Crippen molar-refractivity contribution in [2.45, 2.75) is 25.3 Å². The van der Waals surface area contributed by atoms with Gasteiger partial charge >= 0.3 is 0 Å². The maximum absolute atomic E-state index is 13.6. The summed E-state index contributed by atoms with van der Waals surface area (Å²) in [5.41, 5.74) is 1.87. The summed E-state index contributed by atoms with van der Waals surface area (Å²) in [5.74, 6) is 0.580. The number of piperidine rings is 1. The van der Waals surface area contributed by atoms with Gasteiger partial charge in [0.05, 0.1) is 0 Å². The molecule has 0 saturated carbocycles. The minimum atomic E-state index is -0.0590. The molecule has 2 aliphatic rings. The zero-order valence-electron chi connectivity index (χ0n) is 9.30. The Morgan fingerprint density at radius 1 is 1.31 bits per heavy atom. The second-order valence-electron chi connectivity index (χ2n) is 4.83. The van der Waals surface area contributed by atoms with Crippen LogP contribution in [0.1, 0.15) is 18.4 Å². The molecule has 2 atom stereocenters. The van der Waals surface area contributed by atoms with Crippen molar-refractivity contribution in [2.24, 2.45) is 5.92 Å². The van der Waals surface area contributed by atoms with Crippen molar-refractivity contribution in [1.82, 2.24) is 5.32 Å². The molecular formula is C13H17FN2. The number of hydrogen-bond donors (Lipinski definition) is 2. The fraction of sp³-hybridized carbons (Fsp3) is 0.538. The number of fused-ring (bicyclic) bond motifs is 1.